The number of carbonyl (C=O) groups is 1. The van der Waals surface area contributed by atoms with E-state index in [1.807, 2.05) is 24.9 Å². The van der Waals surface area contributed by atoms with Gasteiger partial charge < -0.3 is 10.0 Å². The van der Waals surface area contributed by atoms with Crippen LogP contribution in [0.5, 0.6) is 0 Å². The lowest BCUT2D eigenvalue weighted by molar-refractivity contribution is 0.0253. The predicted octanol–water partition coefficient (Wildman–Crippen LogP) is 2.78. The summed E-state index contributed by atoms with van der Waals surface area (Å²) in [5.74, 6) is 0.538. The first kappa shape index (κ1) is 17.5. The van der Waals surface area contributed by atoms with Gasteiger partial charge >= 0.3 is 0 Å². The molecule has 1 atom stereocenters. The summed E-state index contributed by atoms with van der Waals surface area (Å²) < 4.78 is 1.79. The van der Waals surface area contributed by atoms with E-state index in [2.05, 4.69) is 12.0 Å². The summed E-state index contributed by atoms with van der Waals surface area (Å²) in [6.07, 6.45) is 5.11. The Morgan fingerprint density at radius 3 is 2.85 bits per heavy atom. The lowest BCUT2D eigenvalue weighted by Crippen LogP contribution is -2.47. The van der Waals surface area contributed by atoms with Crippen molar-refractivity contribution in [3.63, 3.8) is 0 Å². The Balaban J connectivity index is 1.76. The molecule has 26 heavy (non-hydrogen) atoms. The Labute approximate surface area is 154 Å². The first-order chi connectivity index (χ1) is 12.5. The van der Waals surface area contributed by atoms with Crippen molar-refractivity contribution in [1.82, 2.24) is 19.7 Å². The van der Waals surface area contributed by atoms with Crippen LogP contribution in [0.4, 0.5) is 0 Å². The number of pyridine rings is 1. The number of aromatic nitrogens is 3. The second-order valence-corrected chi connectivity index (χ2v) is 8.12. The Kier molecular flexibility index (Phi) is 4.26. The molecule has 0 bridgehead atoms. The standard InChI is InChI=1S/C20H28N4O2/c1-4-20(12-25)8-5-9-24(11-20)19(26)15-10-16(14-6-7-14)21-18-17(15)13(2)22-23(18)3/h10,14,25H,4-9,11-12H2,1-3H3. The summed E-state index contributed by atoms with van der Waals surface area (Å²) in [5, 5.41) is 15.3. The van der Waals surface area contributed by atoms with Crippen LogP contribution in [0.15, 0.2) is 6.07 Å². The molecule has 6 nitrogen and oxygen atoms in total. The zero-order chi connectivity index (χ0) is 18.5. The number of fused-ring (bicyclic) bond motifs is 1. The minimum Gasteiger partial charge on any atom is -0.396 e. The maximum Gasteiger partial charge on any atom is 0.254 e. The number of hydrogen-bond acceptors (Lipinski definition) is 4. The van der Waals surface area contributed by atoms with Gasteiger partial charge in [-0.2, -0.15) is 5.10 Å². The van der Waals surface area contributed by atoms with E-state index in [0.717, 1.165) is 66.6 Å². The summed E-state index contributed by atoms with van der Waals surface area (Å²) in [7, 11) is 1.89. The molecular weight excluding hydrogens is 328 g/mol. The van der Waals surface area contributed by atoms with Crippen LogP contribution in [0.3, 0.4) is 0 Å². The number of aliphatic hydroxyl groups excluding tert-OH is 1. The van der Waals surface area contributed by atoms with Gasteiger partial charge in [0.1, 0.15) is 0 Å². The molecule has 1 unspecified atom stereocenters. The first-order valence-corrected chi connectivity index (χ1v) is 9.72. The van der Waals surface area contributed by atoms with Crippen molar-refractivity contribution in [2.75, 3.05) is 19.7 Å². The Morgan fingerprint density at radius 2 is 2.19 bits per heavy atom. The van der Waals surface area contributed by atoms with Gasteiger partial charge in [0.25, 0.3) is 5.91 Å². The summed E-state index contributed by atoms with van der Waals surface area (Å²) in [5.41, 5.74) is 3.23. The largest absolute Gasteiger partial charge is 0.396 e. The van der Waals surface area contributed by atoms with E-state index in [0.29, 0.717) is 12.5 Å². The van der Waals surface area contributed by atoms with Gasteiger partial charge in [-0.25, -0.2) is 4.98 Å². The lowest BCUT2D eigenvalue weighted by Gasteiger charge is -2.41. The van der Waals surface area contributed by atoms with Crippen molar-refractivity contribution in [1.29, 1.82) is 0 Å². The summed E-state index contributed by atoms with van der Waals surface area (Å²) in [6, 6.07) is 2.00. The fraction of sp³-hybridized carbons (Fsp3) is 0.650. The highest BCUT2D eigenvalue weighted by Gasteiger charge is 2.37. The molecule has 6 heteroatoms. The number of amides is 1. The number of nitrogens with zero attached hydrogens (tertiary/aromatic N) is 4. The van der Waals surface area contributed by atoms with Crippen LogP contribution < -0.4 is 0 Å². The van der Waals surface area contributed by atoms with Crippen LogP contribution >= 0.6 is 0 Å². The van der Waals surface area contributed by atoms with Gasteiger partial charge in [0, 0.05) is 37.2 Å². The van der Waals surface area contributed by atoms with E-state index in [1.54, 1.807) is 4.68 Å². The molecule has 1 aliphatic heterocycles. The van der Waals surface area contributed by atoms with Crippen LogP contribution in [0.1, 0.15) is 66.7 Å². The molecule has 1 saturated carbocycles. The van der Waals surface area contributed by atoms with E-state index in [9.17, 15) is 9.90 Å². The number of hydrogen-bond donors (Lipinski definition) is 1. The molecule has 3 heterocycles. The van der Waals surface area contributed by atoms with E-state index >= 15 is 0 Å². The number of carbonyl (C=O) groups excluding carboxylic acids is 1. The molecule has 4 rings (SSSR count). The molecular formula is C20H28N4O2. The highest BCUT2D eigenvalue weighted by molar-refractivity contribution is 6.06. The lowest BCUT2D eigenvalue weighted by atomic mass is 9.78. The quantitative estimate of drug-likeness (QED) is 0.914. The fourth-order valence-corrected chi connectivity index (χ4v) is 4.30. The Morgan fingerprint density at radius 1 is 1.42 bits per heavy atom. The molecule has 1 N–H and O–H groups in total. The highest BCUT2D eigenvalue weighted by Crippen LogP contribution is 2.41. The molecule has 140 valence electrons. The number of aliphatic hydroxyl groups is 1. The minimum absolute atomic E-state index is 0.0568. The predicted molar refractivity (Wildman–Crippen MR) is 100 cm³/mol. The van der Waals surface area contributed by atoms with Crippen LogP contribution in [-0.2, 0) is 7.05 Å². The number of aryl methyl sites for hydroxylation is 2. The van der Waals surface area contributed by atoms with Crippen LogP contribution in [0, 0.1) is 12.3 Å². The van der Waals surface area contributed by atoms with Gasteiger partial charge in [-0.05, 0) is 45.1 Å². The van der Waals surface area contributed by atoms with Crippen LogP contribution in [-0.4, -0.2) is 50.4 Å². The molecule has 2 aliphatic rings. The van der Waals surface area contributed by atoms with Crippen molar-refractivity contribution in [3.8, 4) is 0 Å². The smallest absolute Gasteiger partial charge is 0.254 e. The summed E-state index contributed by atoms with van der Waals surface area (Å²) in [4.78, 5) is 20.2. The number of rotatable bonds is 4. The summed E-state index contributed by atoms with van der Waals surface area (Å²) >= 11 is 0. The van der Waals surface area contributed by atoms with Crippen LogP contribution in [0.2, 0.25) is 0 Å². The third kappa shape index (κ3) is 2.80. The van der Waals surface area contributed by atoms with E-state index < -0.39 is 0 Å². The molecule has 2 fully saturated rings. The second-order valence-electron chi connectivity index (χ2n) is 8.12. The molecule has 0 spiro atoms. The SMILES string of the molecule is CCC1(CO)CCCN(C(=O)c2cc(C3CC3)nc3c2c(C)nn3C)C1. The molecule has 0 aromatic carbocycles. The summed E-state index contributed by atoms with van der Waals surface area (Å²) in [6.45, 7) is 5.56. The third-order valence-corrected chi connectivity index (χ3v) is 6.25. The maximum atomic E-state index is 13.5. The zero-order valence-electron chi connectivity index (χ0n) is 16.0. The van der Waals surface area contributed by atoms with Crippen molar-refractivity contribution in [2.45, 2.75) is 51.9 Å². The number of piperidine rings is 1. The monoisotopic (exact) mass is 356 g/mol. The molecule has 1 amide bonds. The van der Waals surface area contributed by atoms with Crippen molar-refractivity contribution in [2.24, 2.45) is 12.5 Å². The number of likely N-dealkylation sites (tertiary alicyclic amines) is 1. The van der Waals surface area contributed by atoms with Crippen LogP contribution in [0.25, 0.3) is 11.0 Å². The molecule has 2 aromatic rings. The van der Waals surface area contributed by atoms with Gasteiger partial charge in [-0.15, -0.1) is 0 Å². The highest BCUT2D eigenvalue weighted by atomic mass is 16.3. The second kappa shape index (κ2) is 6.34. The van der Waals surface area contributed by atoms with Gasteiger partial charge in [-0.3, -0.25) is 9.48 Å². The van der Waals surface area contributed by atoms with Gasteiger partial charge in [0.05, 0.1) is 23.3 Å². The molecule has 0 radical (unpaired) electrons. The van der Waals surface area contributed by atoms with Gasteiger partial charge in [0.15, 0.2) is 5.65 Å². The van der Waals surface area contributed by atoms with Crippen molar-refractivity contribution in [3.05, 3.63) is 23.0 Å². The van der Waals surface area contributed by atoms with Gasteiger partial charge in [-0.1, -0.05) is 6.92 Å². The third-order valence-electron chi connectivity index (χ3n) is 6.25. The van der Waals surface area contributed by atoms with Crippen molar-refractivity contribution >= 4 is 16.9 Å². The normalized spacial score (nSPS) is 23.6. The molecule has 1 saturated heterocycles. The Bertz CT molecular complexity index is 849. The zero-order valence-corrected chi connectivity index (χ0v) is 16.0. The molecule has 2 aromatic heterocycles. The topological polar surface area (TPSA) is 71.2 Å². The minimum atomic E-state index is -0.163. The van der Waals surface area contributed by atoms with Gasteiger partial charge in [0.2, 0.25) is 0 Å². The van der Waals surface area contributed by atoms with E-state index in [-0.39, 0.29) is 17.9 Å². The first-order valence-electron chi connectivity index (χ1n) is 9.72. The van der Waals surface area contributed by atoms with Crippen molar-refractivity contribution < 1.29 is 9.90 Å². The van der Waals surface area contributed by atoms with E-state index in [1.165, 1.54) is 0 Å². The average Bonchev–Trinajstić information content (AvgIpc) is 3.47. The van der Waals surface area contributed by atoms with E-state index in [4.69, 9.17) is 4.98 Å². The Hall–Kier alpha value is -1.95. The molecule has 1 aliphatic carbocycles. The fourth-order valence-electron chi connectivity index (χ4n) is 4.30. The maximum absolute atomic E-state index is 13.5. The average molecular weight is 356 g/mol.